The number of carbonyl (C=O) groups is 1. The first-order valence-electron chi connectivity index (χ1n) is 8.02. The fourth-order valence-electron chi connectivity index (χ4n) is 2.57. The number of tetrazole rings is 1. The lowest BCUT2D eigenvalue weighted by Crippen LogP contribution is -2.15. The van der Waals surface area contributed by atoms with Gasteiger partial charge in [0.15, 0.2) is 0 Å². The SMILES string of the molecule is Cc1ccc(CN(C)C)cc1NC(=O)c1ccc(-n2cnnn2)cc1Cl. The predicted octanol–water partition coefficient (Wildman–Crippen LogP) is 2.94. The summed E-state index contributed by atoms with van der Waals surface area (Å²) in [5.41, 5.74) is 3.95. The molecule has 0 aliphatic rings. The van der Waals surface area contributed by atoms with E-state index in [0.717, 1.165) is 23.4 Å². The zero-order chi connectivity index (χ0) is 18.7. The van der Waals surface area contributed by atoms with Crippen molar-refractivity contribution in [2.24, 2.45) is 0 Å². The van der Waals surface area contributed by atoms with Gasteiger partial charge in [-0.3, -0.25) is 4.79 Å². The summed E-state index contributed by atoms with van der Waals surface area (Å²) in [6.07, 6.45) is 1.46. The molecular weight excluding hydrogens is 352 g/mol. The standard InChI is InChI=1S/C18H19ClN6O/c1-12-4-5-13(10-24(2)3)8-17(12)21-18(26)15-7-6-14(9-16(15)19)25-11-20-22-23-25/h4-9,11H,10H2,1-3H3,(H,21,26). The monoisotopic (exact) mass is 370 g/mol. The molecule has 0 spiro atoms. The number of benzene rings is 2. The predicted molar refractivity (Wildman–Crippen MR) is 101 cm³/mol. The van der Waals surface area contributed by atoms with Crippen LogP contribution in [0, 0.1) is 6.92 Å². The third-order valence-corrected chi connectivity index (χ3v) is 4.17. The van der Waals surface area contributed by atoms with Gasteiger partial charge >= 0.3 is 0 Å². The molecule has 0 saturated heterocycles. The number of amides is 1. The van der Waals surface area contributed by atoms with Crippen LogP contribution in [0.15, 0.2) is 42.7 Å². The molecule has 1 amide bonds. The van der Waals surface area contributed by atoms with E-state index >= 15 is 0 Å². The molecule has 0 fully saturated rings. The van der Waals surface area contributed by atoms with Crippen molar-refractivity contribution in [3.05, 3.63) is 64.4 Å². The molecule has 0 unspecified atom stereocenters. The van der Waals surface area contributed by atoms with E-state index in [4.69, 9.17) is 11.6 Å². The van der Waals surface area contributed by atoms with Crippen molar-refractivity contribution >= 4 is 23.2 Å². The number of aryl methyl sites for hydroxylation is 1. The van der Waals surface area contributed by atoms with Gasteiger partial charge in [0.1, 0.15) is 6.33 Å². The van der Waals surface area contributed by atoms with Gasteiger partial charge in [-0.2, -0.15) is 0 Å². The van der Waals surface area contributed by atoms with Crippen LogP contribution in [0.1, 0.15) is 21.5 Å². The van der Waals surface area contributed by atoms with E-state index in [0.29, 0.717) is 16.3 Å². The second-order valence-corrected chi connectivity index (χ2v) is 6.67. The zero-order valence-electron chi connectivity index (χ0n) is 14.8. The maximum atomic E-state index is 12.7. The Morgan fingerprint density at radius 2 is 2.04 bits per heavy atom. The summed E-state index contributed by atoms with van der Waals surface area (Å²) in [6, 6.07) is 11.1. The van der Waals surface area contributed by atoms with Gasteiger partial charge in [-0.1, -0.05) is 23.7 Å². The van der Waals surface area contributed by atoms with Crippen LogP contribution in [-0.2, 0) is 6.54 Å². The Hall–Kier alpha value is -2.77. The van der Waals surface area contributed by atoms with Crippen molar-refractivity contribution in [3.8, 4) is 5.69 Å². The number of halogens is 1. The van der Waals surface area contributed by atoms with Crippen LogP contribution in [0.2, 0.25) is 5.02 Å². The average Bonchev–Trinajstić information content (AvgIpc) is 3.11. The van der Waals surface area contributed by atoms with E-state index < -0.39 is 0 Å². The highest BCUT2D eigenvalue weighted by Gasteiger charge is 2.13. The Morgan fingerprint density at radius 3 is 2.69 bits per heavy atom. The third kappa shape index (κ3) is 4.07. The minimum absolute atomic E-state index is 0.261. The molecule has 0 aliphatic carbocycles. The van der Waals surface area contributed by atoms with Crippen LogP contribution in [0.4, 0.5) is 5.69 Å². The minimum atomic E-state index is -0.261. The van der Waals surface area contributed by atoms with Gasteiger partial charge in [-0.05, 0) is 66.8 Å². The number of rotatable bonds is 5. The van der Waals surface area contributed by atoms with E-state index in [9.17, 15) is 4.79 Å². The molecule has 26 heavy (non-hydrogen) atoms. The molecule has 2 aromatic carbocycles. The van der Waals surface area contributed by atoms with Crippen molar-refractivity contribution in [3.63, 3.8) is 0 Å². The number of carbonyl (C=O) groups excluding carboxylic acids is 1. The molecule has 0 bridgehead atoms. The summed E-state index contributed by atoms with van der Waals surface area (Å²) in [6.45, 7) is 2.75. The maximum absolute atomic E-state index is 12.7. The van der Waals surface area contributed by atoms with Crippen LogP contribution in [0.3, 0.4) is 0 Å². The second kappa shape index (κ2) is 7.63. The normalized spacial score (nSPS) is 11.0. The third-order valence-electron chi connectivity index (χ3n) is 3.86. The summed E-state index contributed by atoms with van der Waals surface area (Å²) < 4.78 is 1.47. The highest BCUT2D eigenvalue weighted by Crippen LogP contribution is 2.23. The zero-order valence-corrected chi connectivity index (χ0v) is 15.5. The molecule has 8 heteroatoms. The summed E-state index contributed by atoms with van der Waals surface area (Å²) in [4.78, 5) is 14.7. The molecule has 7 nitrogen and oxygen atoms in total. The van der Waals surface area contributed by atoms with Gasteiger partial charge in [0.05, 0.1) is 16.3 Å². The first-order chi connectivity index (χ1) is 12.4. The van der Waals surface area contributed by atoms with Gasteiger partial charge in [0, 0.05) is 12.2 Å². The lowest BCUT2D eigenvalue weighted by atomic mass is 10.1. The first-order valence-corrected chi connectivity index (χ1v) is 8.40. The molecule has 1 heterocycles. The van der Waals surface area contributed by atoms with E-state index in [2.05, 4.69) is 31.8 Å². The number of hydrogen-bond acceptors (Lipinski definition) is 5. The first kappa shape index (κ1) is 18.0. The van der Waals surface area contributed by atoms with Crippen molar-refractivity contribution in [2.75, 3.05) is 19.4 Å². The quantitative estimate of drug-likeness (QED) is 0.747. The molecule has 3 rings (SSSR count). The summed E-state index contributed by atoms with van der Waals surface area (Å²) in [5.74, 6) is -0.261. The molecule has 1 N–H and O–H groups in total. The molecule has 3 aromatic rings. The van der Waals surface area contributed by atoms with Crippen molar-refractivity contribution < 1.29 is 4.79 Å². The number of aromatic nitrogens is 4. The average molecular weight is 371 g/mol. The maximum Gasteiger partial charge on any atom is 0.257 e. The molecule has 0 radical (unpaired) electrons. The van der Waals surface area contributed by atoms with E-state index in [1.54, 1.807) is 18.2 Å². The summed E-state index contributed by atoms with van der Waals surface area (Å²) in [5, 5.41) is 14.3. The Morgan fingerprint density at radius 1 is 1.23 bits per heavy atom. The number of hydrogen-bond donors (Lipinski definition) is 1. The van der Waals surface area contributed by atoms with Crippen molar-refractivity contribution in [2.45, 2.75) is 13.5 Å². The van der Waals surface area contributed by atoms with Crippen LogP contribution in [-0.4, -0.2) is 45.1 Å². The lowest BCUT2D eigenvalue weighted by molar-refractivity contribution is 0.102. The topological polar surface area (TPSA) is 75.9 Å². The smallest absolute Gasteiger partial charge is 0.257 e. The van der Waals surface area contributed by atoms with Gasteiger partial charge in [0.25, 0.3) is 5.91 Å². The molecule has 0 saturated carbocycles. The van der Waals surface area contributed by atoms with Gasteiger partial charge < -0.3 is 10.2 Å². The Labute approximate surface area is 156 Å². The van der Waals surface area contributed by atoms with E-state index in [1.807, 2.05) is 33.2 Å². The molecular formula is C18H19ClN6O. The summed E-state index contributed by atoms with van der Waals surface area (Å²) in [7, 11) is 4.01. The van der Waals surface area contributed by atoms with Crippen molar-refractivity contribution in [1.82, 2.24) is 25.1 Å². The Bertz CT molecular complexity index is 923. The molecule has 1 aromatic heterocycles. The van der Waals surface area contributed by atoms with Crippen LogP contribution in [0.25, 0.3) is 5.69 Å². The molecule has 0 aliphatic heterocycles. The van der Waals surface area contributed by atoms with E-state index in [1.165, 1.54) is 11.0 Å². The largest absolute Gasteiger partial charge is 0.322 e. The van der Waals surface area contributed by atoms with Crippen molar-refractivity contribution in [1.29, 1.82) is 0 Å². The molecule has 134 valence electrons. The van der Waals surface area contributed by atoms with E-state index in [-0.39, 0.29) is 5.91 Å². The number of nitrogens with one attached hydrogen (secondary N) is 1. The number of anilines is 1. The fourth-order valence-corrected chi connectivity index (χ4v) is 2.83. The number of nitrogens with zero attached hydrogens (tertiary/aromatic N) is 5. The minimum Gasteiger partial charge on any atom is -0.322 e. The highest BCUT2D eigenvalue weighted by molar-refractivity contribution is 6.34. The van der Waals surface area contributed by atoms with Gasteiger partial charge in [-0.15, -0.1) is 5.10 Å². The summed E-state index contributed by atoms with van der Waals surface area (Å²) >= 11 is 6.30. The van der Waals surface area contributed by atoms with Gasteiger partial charge in [0.2, 0.25) is 0 Å². The Balaban J connectivity index is 1.82. The van der Waals surface area contributed by atoms with Gasteiger partial charge in [-0.25, -0.2) is 4.68 Å². The highest BCUT2D eigenvalue weighted by atomic mass is 35.5. The van der Waals surface area contributed by atoms with Crippen LogP contribution >= 0.6 is 11.6 Å². The lowest BCUT2D eigenvalue weighted by Gasteiger charge is -2.14. The second-order valence-electron chi connectivity index (χ2n) is 6.26. The van der Waals surface area contributed by atoms with Crippen LogP contribution in [0.5, 0.6) is 0 Å². The van der Waals surface area contributed by atoms with Crippen LogP contribution < -0.4 is 5.32 Å². The fraction of sp³-hybridized carbons (Fsp3) is 0.222. The Kier molecular flexibility index (Phi) is 5.29. The molecule has 0 atom stereocenters.